The summed E-state index contributed by atoms with van der Waals surface area (Å²) in [7, 11) is -1.91. The summed E-state index contributed by atoms with van der Waals surface area (Å²) in [6, 6.07) is 5.00. The van der Waals surface area contributed by atoms with E-state index >= 15 is 0 Å². The first-order valence-electron chi connectivity index (χ1n) is 6.21. The van der Waals surface area contributed by atoms with Crippen molar-refractivity contribution in [3.63, 3.8) is 0 Å². The number of rotatable bonds is 6. The standard InChI is InChI=1S/C13H17N3O2S2/c1-3-14-13-8-12(4-6-15-13)20(17,18)16(2)9-11-5-7-19-10-11/h4-8,10H,3,9H2,1-2H3,(H,14,15). The van der Waals surface area contributed by atoms with Crippen molar-refractivity contribution in [2.24, 2.45) is 0 Å². The Balaban J connectivity index is 2.22. The summed E-state index contributed by atoms with van der Waals surface area (Å²) in [6.07, 6.45) is 1.50. The van der Waals surface area contributed by atoms with Crippen LogP contribution in [0.4, 0.5) is 5.82 Å². The van der Waals surface area contributed by atoms with Gasteiger partial charge in [0.25, 0.3) is 0 Å². The fraction of sp³-hybridized carbons (Fsp3) is 0.308. The van der Waals surface area contributed by atoms with Crippen LogP contribution in [-0.4, -0.2) is 31.3 Å². The Morgan fingerprint density at radius 2 is 2.20 bits per heavy atom. The van der Waals surface area contributed by atoms with E-state index < -0.39 is 10.0 Å². The third-order valence-electron chi connectivity index (χ3n) is 2.78. The van der Waals surface area contributed by atoms with Gasteiger partial charge in [-0.3, -0.25) is 0 Å². The van der Waals surface area contributed by atoms with Gasteiger partial charge in [-0.1, -0.05) is 0 Å². The molecule has 108 valence electrons. The van der Waals surface area contributed by atoms with Crippen LogP contribution < -0.4 is 5.32 Å². The maximum Gasteiger partial charge on any atom is 0.243 e. The molecule has 0 saturated heterocycles. The number of anilines is 1. The molecule has 0 aliphatic carbocycles. The van der Waals surface area contributed by atoms with Crippen molar-refractivity contribution in [3.05, 3.63) is 40.7 Å². The van der Waals surface area contributed by atoms with Crippen LogP contribution in [0.1, 0.15) is 12.5 Å². The molecule has 7 heteroatoms. The summed E-state index contributed by atoms with van der Waals surface area (Å²) in [4.78, 5) is 4.34. The summed E-state index contributed by atoms with van der Waals surface area (Å²) in [5, 5.41) is 6.90. The number of nitrogens with zero attached hydrogens (tertiary/aromatic N) is 2. The molecule has 0 unspecified atom stereocenters. The highest BCUT2D eigenvalue weighted by Gasteiger charge is 2.21. The van der Waals surface area contributed by atoms with Crippen molar-refractivity contribution >= 4 is 27.2 Å². The monoisotopic (exact) mass is 311 g/mol. The first-order chi connectivity index (χ1) is 9.54. The van der Waals surface area contributed by atoms with Gasteiger partial charge in [0.05, 0.1) is 4.90 Å². The van der Waals surface area contributed by atoms with Gasteiger partial charge in [0.15, 0.2) is 0 Å². The molecule has 0 spiro atoms. The summed E-state index contributed by atoms with van der Waals surface area (Å²) < 4.78 is 26.3. The molecule has 0 saturated carbocycles. The van der Waals surface area contributed by atoms with Crippen LogP contribution in [0.2, 0.25) is 0 Å². The Morgan fingerprint density at radius 3 is 2.85 bits per heavy atom. The van der Waals surface area contributed by atoms with E-state index in [0.29, 0.717) is 18.9 Å². The van der Waals surface area contributed by atoms with Gasteiger partial charge in [0, 0.05) is 32.4 Å². The third kappa shape index (κ3) is 3.36. The van der Waals surface area contributed by atoms with Crippen molar-refractivity contribution in [2.75, 3.05) is 18.9 Å². The normalized spacial score (nSPS) is 11.8. The highest BCUT2D eigenvalue weighted by Crippen LogP contribution is 2.19. The molecule has 0 fully saturated rings. The zero-order chi connectivity index (χ0) is 14.6. The molecule has 5 nitrogen and oxygen atoms in total. The minimum atomic E-state index is -3.50. The Hall–Kier alpha value is -1.44. The van der Waals surface area contributed by atoms with Crippen molar-refractivity contribution in [2.45, 2.75) is 18.4 Å². The topological polar surface area (TPSA) is 62.3 Å². The highest BCUT2D eigenvalue weighted by molar-refractivity contribution is 7.89. The average molecular weight is 311 g/mol. The number of thiophene rings is 1. The lowest BCUT2D eigenvalue weighted by atomic mass is 10.3. The van der Waals surface area contributed by atoms with Crippen LogP contribution in [0.15, 0.2) is 40.1 Å². The Kier molecular flexibility index (Phi) is 4.74. The van der Waals surface area contributed by atoms with E-state index in [4.69, 9.17) is 0 Å². The quantitative estimate of drug-likeness (QED) is 0.890. The zero-order valence-corrected chi connectivity index (χ0v) is 13.0. The van der Waals surface area contributed by atoms with Gasteiger partial charge in [0.1, 0.15) is 5.82 Å². The zero-order valence-electron chi connectivity index (χ0n) is 11.4. The van der Waals surface area contributed by atoms with E-state index in [0.717, 1.165) is 5.56 Å². The van der Waals surface area contributed by atoms with Gasteiger partial charge in [-0.25, -0.2) is 13.4 Å². The van der Waals surface area contributed by atoms with E-state index in [1.165, 1.54) is 16.6 Å². The van der Waals surface area contributed by atoms with Crippen LogP contribution in [0, 0.1) is 0 Å². The van der Waals surface area contributed by atoms with Gasteiger partial charge in [-0.2, -0.15) is 15.6 Å². The van der Waals surface area contributed by atoms with Crippen LogP contribution >= 0.6 is 11.3 Å². The molecule has 0 aromatic carbocycles. The number of hydrogen-bond acceptors (Lipinski definition) is 5. The number of nitrogens with one attached hydrogen (secondary N) is 1. The van der Waals surface area contributed by atoms with Gasteiger partial charge in [0.2, 0.25) is 10.0 Å². The number of pyridine rings is 1. The predicted octanol–water partition coefficient (Wildman–Crippen LogP) is 2.40. The van der Waals surface area contributed by atoms with Gasteiger partial charge >= 0.3 is 0 Å². The molecule has 2 rings (SSSR count). The van der Waals surface area contributed by atoms with Crippen molar-refractivity contribution in [3.8, 4) is 0 Å². The van der Waals surface area contributed by atoms with Crippen LogP contribution in [-0.2, 0) is 16.6 Å². The molecule has 0 radical (unpaired) electrons. The van der Waals surface area contributed by atoms with Crippen molar-refractivity contribution < 1.29 is 8.42 Å². The molecule has 2 heterocycles. The first kappa shape index (κ1) is 15.0. The minimum absolute atomic E-state index is 0.251. The minimum Gasteiger partial charge on any atom is -0.370 e. The first-order valence-corrected chi connectivity index (χ1v) is 8.59. The van der Waals surface area contributed by atoms with E-state index in [1.54, 1.807) is 24.5 Å². The fourth-order valence-corrected chi connectivity index (χ4v) is 3.59. The number of sulfonamides is 1. The SMILES string of the molecule is CCNc1cc(S(=O)(=O)N(C)Cc2ccsc2)ccn1. The van der Waals surface area contributed by atoms with E-state index in [2.05, 4.69) is 10.3 Å². The summed E-state index contributed by atoms with van der Waals surface area (Å²) in [6.45, 7) is 3.00. The van der Waals surface area contributed by atoms with Crippen molar-refractivity contribution in [1.29, 1.82) is 0 Å². The summed E-state index contributed by atoms with van der Waals surface area (Å²) in [5.41, 5.74) is 0.988. The van der Waals surface area contributed by atoms with Crippen LogP contribution in [0.25, 0.3) is 0 Å². The predicted molar refractivity (Wildman–Crippen MR) is 81.4 cm³/mol. The Morgan fingerprint density at radius 1 is 1.40 bits per heavy atom. The Bertz CT molecular complexity index is 654. The molecule has 2 aromatic heterocycles. The molecular weight excluding hydrogens is 294 g/mol. The smallest absolute Gasteiger partial charge is 0.243 e. The second-order valence-corrected chi connectivity index (χ2v) is 7.12. The Labute approximate surface area is 123 Å². The van der Waals surface area contributed by atoms with E-state index in [9.17, 15) is 8.42 Å². The molecule has 20 heavy (non-hydrogen) atoms. The largest absolute Gasteiger partial charge is 0.370 e. The van der Waals surface area contributed by atoms with Crippen LogP contribution in [0.3, 0.4) is 0 Å². The average Bonchev–Trinajstić information content (AvgIpc) is 2.92. The third-order valence-corrected chi connectivity index (χ3v) is 5.31. The molecule has 0 aliphatic heterocycles. The maximum atomic E-state index is 12.5. The lowest BCUT2D eigenvalue weighted by Crippen LogP contribution is -2.26. The highest BCUT2D eigenvalue weighted by atomic mass is 32.2. The molecular formula is C13H17N3O2S2. The molecule has 0 bridgehead atoms. The second-order valence-electron chi connectivity index (χ2n) is 4.30. The number of aromatic nitrogens is 1. The number of hydrogen-bond donors (Lipinski definition) is 1. The van der Waals surface area contributed by atoms with Gasteiger partial charge in [-0.15, -0.1) is 0 Å². The van der Waals surface area contributed by atoms with E-state index in [1.807, 2.05) is 23.8 Å². The lowest BCUT2D eigenvalue weighted by molar-refractivity contribution is 0.467. The lowest BCUT2D eigenvalue weighted by Gasteiger charge is -2.17. The molecule has 1 N–H and O–H groups in total. The van der Waals surface area contributed by atoms with Gasteiger partial charge in [-0.05, 0) is 35.4 Å². The fourth-order valence-electron chi connectivity index (χ4n) is 1.75. The van der Waals surface area contributed by atoms with Gasteiger partial charge < -0.3 is 5.32 Å². The summed E-state index contributed by atoms with van der Waals surface area (Å²) in [5.74, 6) is 0.567. The molecule has 0 amide bonds. The maximum absolute atomic E-state index is 12.5. The summed E-state index contributed by atoms with van der Waals surface area (Å²) >= 11 is 1.56. The molecule has 0 aliphatic rings. The molecule has 0 atom stereocenters. The second kappa shape index (κ2) is 6.34. The van der Waals surface area contributed by atoms with Crippen molar-refractivity contribution in [1.82, 2.24) is 9.29 Å². The molecule has 2 aromatic rings. The van der Waals surface area contributed by atoms with Crippen LogP contribution in [0.5, 0.6) is 0 Å². The van der Waals surface area contributed by atoms with E-state index in [-0.39, 0.29) is 4.90 Å².